The molecule has 9 nitrogen and oxygen atoms in total. The highest BCUT2D eigenvalue weighted by atomic mass is 16.4. The summed E-state index contributed by atoms with van der Waals surface area (Å²) in [7, 11) is 0. The summed E-state index contributed by atoms with van der Waals surface area (Å²) < 4.78 is 1.32. The maximum absolute atomic E-state index is 12.3. The van der Waals surface area contributed by atoms with Crippen LogP contribution < -0.4 is 10.9 Å². The minimum Gasteiger partial charge on any atom is -0.481 e. The van der Waals surface area contributed by atoms with Crippen LogP contribution in [0.15, 0.2) is 10.9 Å². The normalized spacial score (nSPS) is 16.9. The van der Waals surface area contributed by atoms with Gasteiger partial charge in [0.25, 0.3) is 11.5 Å². The second-order valence-corrected chi connectivity index (χ2v) is 5.50. The Kier molecular flexibility index (Phi) is 4.69. The van der Waals surface area contributed by atoms with E-state index in [0.29, 0.717) is 11.3 Å². The number of imide groups is 1. The zero-order valence-corrected chi connectivity index (χ0v) is 13.2. The van der Waals surface area contributed by atoms with Gasteiger partial charge in [0.15, 0.2) is 0 Å². The van der Waals surface area contributed by atoms with Crippen molar-refractivity contribution in [3.63, 3.8) is 0 Å². The van der Waals surface area contributed by atoms with E-state index in [-0.39, 0.29) is 18.7 Å². The number of pyridine rings is 1. The molecule has 0 bridgehead atoms. The van der Waals surface area contributed by atoms with Crippen LogP contribution in [-0.4, -0.2) is 45.1 Å². The number of nitriles is 1. The molecule has 1 atom stereocenters. The quantitative estimate of drug-likeness (QED) is 0.713. The summed E-state index contributed by atoms with van der Waals surface area (Å²) in [5.41, 5.74) is 0.698. The number of hydrogen-bond acceptors (Lipinski definition) is 5. The molecule has 2 heterocycles. The van der Waals surface area contributed by atoms with Gasteiger partial charge >= 0.3 is 12.0 Å². The monoisotopic (exact) mass is 332 g/mol. The van der Waals surface area contributed by atoms with E-state index in [2.05, 4.69) is 5.32 Å². The predicted octanol–water partition coefficient (Wildman–Crippen LogP) is -0.268. The Morgan fingerprint density at radius 3 is 2.58 bits per heavy atom. The lowest BCUT2D eigenvalue weighted by Gasteiger charge is -2.16. The lowest BCUT2D eigenvalue weighted by atomic mass is 10.1. The van der Waals surface area contributed by atoms with Crippen molar-refractivity contribution in [2.24, 2.45) is 0 Å². The minimum atomic E-state index is -1.19. The summed E-state index contributed by atoms with van der Waals surface area (Å²) >= 11 is 0. The lowest BCUT2D eigenvalue weighted by molar-refractivity contribution is -0.140. The van der Waals surface area contributed by atoms with Crippen LogP contribution in [0.25, 0.3) is 0 Å². The number of rotatable bonds is 5. The van der Waals surface area contributed by atoms with Crippen molar-refractivity contribution in [2.45, 2.75) is 32.9 Å². The minimum absolute atomic E-state index is 0.0153. The first kappa shape index (κ1) is 17.2. The lowest BCUT2D eigenvalue weighted by Crippen LogP contribution is -2.37. The average Bonchev–Trinajstić information content (AvgIpc) is 2.73. The molecular formula is C15H16N4O5. The average molecular weight is 332 g/mol. The summed E-state index contributed by atoms with van der Waals surface area (Å²) in [6, 6.07) is 1.74. The second-order valence-electron chi connectivity index (χ2n) is 5.50. The molecule has 0 aliphatic carbocycles. The molecule has 3 amide bonds. The molecule has 0 spiro atoms. The number of carbonyl (C=O) groups excluding carboxylic acids is 2. The molecule has 1 saturated heterocycles. The number of urea groups is 1. The number of carbonyl (C=O) groups is 3. The number of carboxylic acids is 1. The molecule has 0 aromatic carbocycles. The number of nitrogens with one attached hydrogen (secondary N) is 1. The molecule has 2 rings (SSSR count). The van der Waals surface area contributed by atoms with Gasteiger partial charge in [-0.15, -0.1) is 0 Å². The first-order chi connectivity index (χ1) is 11.3. The SMILES string of the molecule is Cc1cc(C)n(CCN2C(=O)NC(CC(=O)O)C2=O)c(=O)c1C#N. The van der Waals surface area contributed by atoms with Gasteiger partial charge in [0, 0.05) is 18.8 Å². The van der Waals surface area contributed by atoms with Gasteiger partial charge in [-0.05, 0) is 25.5 Å². The van der Waals surface area contributed by atoms with Crippen LogP contribution in [0.4, 0.5) is 4.79 Å². The first-order valence-corrected chi connectivity index (χ1v) is 7.21. The van der Waals surface area contributed by atoms with Gasteiger partial charge in [0.2, 0.25) is 0 Å². The molecule has 0 saturated carbocycles. The van der Waals surface area contributed by atoms with Crippen LogP contribution in [0.5, 0.6) is 0 Å². The Morgan fingerprint density at radius 1 is 1.33 bits per heavy atom. The van der Waals surface area contributed by atoms with Gasteiger partial charge in [-0.25, -0.2) is 4.79 Å². The van der Waals surface area contributed by atoms with Crippen molar-refractivity contribution in [1.29, 1.82) is 5.26 Å². The molecular weight excluding hydrogens is 316 g/mol. The van der Waals surface area contributed by atoms with Crippen molar-refractivity contribution >= 4 is 17.9 Å². The maximum Gasteiger partial charge on any atom is 0.324 e. The van der Waals surface area contributed by atoms with E-state index < -0.39 is 35.9 Å². The molecule has 1 fully saturated rings. The van der Waals surface area contributed by atoms with Gasteiger partial charge in [-0.3, -0.25) is 19.3 Å². The Labute approximate surface area is 137 Å². The fourth-order valence-electron chi connectivity index (χ4n) is 2.64. The molecule has 24 heavy (non-hydrogen) atoms. The number of aryl methyl sites for hydroxylation is 2. The van der Waals surface area contributed by atoms with E-state index in [1.54, 1.807) is 19.9 Å². The van der Waals surface area contributed by atoms with E-state index in [1.807, 2.05) is 6.07 Å². The highest BCUT2D eigenvalue weighted by Crippen LogP contribution is 2.11. The zero-order valence-electron chi connectivity index (χ0n) is 13.2. The smallest absolute Gasteiger partial charge is 0.324 e. The van der Waals surface area contributed by atoms with Crippen molar-refractivity contribution in [2.75, 3.05) is 6.54 Å². The fourth-order valence-corrected chi connectivity index (χ4v) is 2.64. The largest absolute Gasteiger partial charge is 0.481 e. The second kappa shape index (κ2) is 6.54. The van der Waals surface area contributed by atoms with E-state index in [0.717, 1.165) is 4.90 Å². The van der Waals surface area contributed by atoms with Crippen LogP contribution in [0.3, 0.4) is 0 Å². The van der Waals surface area contributed by atoms with Gasteiger partial charge in [-0.1, -0.05) is 0 Å². The van der Waals surface area contributed by atoms with Gasteiger partial charge in [-0.2, -0.15) is 5.26 Å². The molecule has 1 aliphatic heterocycles. The van der Waals surface area contributed by atoms with E-state index in [1.165, 1.54) is 4.57 Å². The topological polar surface area (TPSA) is 132 Å². The Morgan fingerprint density at radius 2 is 2.00 bits per heavy atom. The van der Waals surface area contributed by atoms with Crippen LogP contribution in [0, 0.1) is 25.2 Å². The first-order valence-electron chi connectivity index (χ1n) is 7.21. The van der Waals surface area contributed by atoms with Crippen LogP contribution in [-0.2, 0) is 16.1 Å². The van der Waals surface area contributed by atoms with Gasteiger partial charge < -0.3 is 15.0 Å². The zero-order chi connectivity index (χ0) is 18.0. The third-order valence-corrected chi connectivity index (χ3v) is 3.85. The van der Waals surface area contributed by atoms with E-state index >= 15 is 0 Å². The van der Waals surface area contributed by atoms with E-state index in [4.69, 9.17) is 10.4 Å². The maximum atomic E-state index is 12.3. The number of hydrogen-bond donors (Lipinski definition) is 2. The summed E-state index contributed by atoms with van der Waals surface area (Å²) in [6.07, 6.45) is -0.497. The van der Waals surface area contributed by atoms with Gasteiger partial charge in [0.1, 0.15) is 17.7 Å². The highest BCUT2D eigenvalue weighted by molar-refractivity contribution is 6.05. The summed E-state index contributed by atoms with van der Waals surface area (Å²) in [5.74, 6) is -1.83. The van der Waals surface area contributed by atoms with Crippen LogP contribution >= 0.6 is 0 Å². The van der Waals surface area contributed by atoms with Crippen LogP contribution in [0.2, 0.25) is 0 Å². The number of nitrogens with zero attached hydrogens (tertiary/aromatic N) is 3. The highest BCUT2D eigenvalue weighted by Gasteiger charge is 2.38. The van der Waals surface area contributed by atoms with Crippen LogP contribution in [0.1, 0.15) is 23.2 Å². The number of amides is 3. The fraction of sp³-hybridized carbons (Fsp3) is 0.400. The molecule has 1 unspecified atom stereocenters. The van der Waals surface area contributed by atoms with Crippen molar-refractivity contribution in [3.05, 3.63) is 33.2 Å². The Bertz CT molecular complexity index is 820. The molecule has 1 aromatic rings. The molecule has 9 heteroatoms. The molecule has 126 valence electrons. The number of aromatic nitrogens is 1. The molecule has 2 N–H and O–H groups in total. The van der Waals surface area contributed by atoms with Crippen molar-refractivity contribution in [1.82, 2.24) is 14.8 Å². The standard InChI is InChI=1S/C15H16N4O5/c1-8-5-9(2)18(13(22)10(8)7-16)3-4-19-14(23)11(6-12(20)21)17-15(19)24/h5,11H,3-4,6H2,1-2H3,(H,17,24)(H,20,21). The van der Waals surface area contributed by atoms with Crippen molar-refractivity contribution in [3.8, 4) is 6.07 Å². The molecule has 1 aliphatic rings. The molecule has 0 radical (unpaired) electrons. The Balaban J connectivity index is 2.19. The number of aliphatic carboxylic acids is 1. The third kappa shape index (κ3) is 3.12. The van der Waals surface area contributed by atoms with Crippen molar-refractivity contribution < 1.29 is 19.5 Å². The Hall–Kier alpha value is -3.15. The number of carboxylic acid groups (broad SMARTS) is 1. The summed E-state index contributed by atoms with van der Waals surface area (Å²) in [4.78, 5) is 47.7. The van der Waals surface area contributed by atoms with E-state index in [9.17, 15) is 19.2 Å². The van der Waals surface area contributed by atoms with Gasteiger partial charge in [0.05, 0.1) is 6.42 Å². The predicted molar refractivity (Wildman–Crippen MR) is 81.2 cm³/mol. The summed E-state index contributed by atoms with van der Waals surface area (Å²) in [6.45, 7) is 3.29. The third-order valence-electron chi connectivity index (χ3n) is 3.85. The molecule has 1 aromatic heterocycles. The summed E-state index contributed by atoms with van der Waals surface area (Å²) in [5, 5.41) is 20.1.